The molecule has 0 unspecified atom stereocenters. The molecule has 0 fully saturated rings. The fourth-order valence-corrected chi connectivity index (χ4v) is 2.17. The van der Waals surface area contributed by atoms with Crippen LogP contribution in [-0.4, -0.2) is 6.61 Å². The van der Waals surface area contributed by atoms with Crippen LogP contribution in [-0.2, 0) is 0 Å². The van der Waals surface area contributed by atoms with Gasteiger partial charge in [-0.25, -0.2) is 4.39 Å². The number of hydrogen-bond donors (Lipinski definition) is 0. The van der Waals surface area contributed by atoms with Gasteiger partial charge in [-0.2, -0.15) is 4.39 Å². The normalized spacial score (nSPS) is 10.4. The van der Waals surface area contributed by atoms with Gasteiger partial charge in [-0.05, 0) is 30.5 Å². The Hall–Kier alpha value is -1.42. The summed E-state index contributed by atoms with van der Waals surface area (Å²) in [6, 6.07) is 6.54. The average Bonchev–Trinajstić information content (AvgIpc) is 2.79. The Morgan fingerprint density at radius 2 is 2.00 bits per heavy atom. The van der Waals surface area contributed by atoms with E-state index in [0.717, 1.165) is 0 Å². The summed E-state index contributed by atoms with van der Waals surface area (Å²) in [6.07, 6.45) is 0. The monoisotopic (exact) mass is 240 g/mol. The minimum absolute atomic E-state index is 0.0414. The highest BCUT2D eigenvalue weighted by atomic mass is 32.1. The Balaban J connectivity index is 2.47. The average molecular weight is 240 g/mol. The molecule has 0 aliphatic rings. The van der Waals surface area contributed by atoms with Crippen LogP contribution in [0, 0.1) is 11.6 Å². The van der Waals surface area contributed by atoms with Gasteiger partial charge < -0.3 is 4.74 Å². The molecule has 0 aliphatic heterocycles. The Kier molecular flexibility index (Phi) is 3.19. The molecule has 1 nitrogen and oxygen atoms in total. The zero-order valence-electron chi connectivity index (χ0n) is 8.67. The Labute approximate surface area is 96.3 Å². The van der Waals surface area contributed by atoms with Gasteiger partial charge in [0.1, 0.15) is 0 Å². The van der Waals surface area contributed by atoms with Crippen molar-refractivity contribution in [2.75, 3.05) is 6.61 Å². The standard InChI is InChI=1S/C12H10F2OS/c1-2-15-9-6-5-8(11(13)12(9)14)10-4-3-7-16-10/h3-7H,2H2,1H3. The van der Waals surface area contributed by atoms with E-state index in [1.54, 1.807) is 19.1 Å². The molecule has 1 aromatic heterocycles. The molecule has 16 heavy (non-hydrogen) atoms. The van der Waals surface area contributed by atoms with Gasteiger partial charge in [-0.1, -0.05) is 6.07 Å². The van der Waals surface area contributed by atoms with Gasteiger partial charge in [0, 0.05) is 10.4 Å². The second kappa shape index (κ2) is 4.61. The molecule has 0 radical (unpaired) electrons. The molecular weight excluding hydrogens is 230 g/mol. The minimum Gasteiger partial charge on any atom is -0.491 e. The van der Waals surface area contributed by atoms with E-state index in [-0.39, 0.29) is 11.3 Å². The number of halogens is 2. The van der Waals surface area contributed by atoms with Crippen LogP contribution in [0.25, 0.3) is 10.4 Å². The van der Waals surface area contributed by atoms with Crippen LogP contribution in [0.3, 0.4) is 0 Å². The van der Waals surface area contributed by atoms with Gasteiger partial charge in [-0.15, -0.1) is 11.3 Å². The lowest BCUT2D eigenvalue weighted by Crippen LogP contribution is -1.98. The number of benzene rings is 1. The maximum Gasteiger partial charge on any atom is 0.201 e. The summed E-state index contributed by atoms with van der Waals surface area (Å²) in [5, 5.41) is 1.82. The molecule has 0 aliphatic carbocycles. The lowest BCUT2D eigenvalue weighted by atomic mass is 10.1. The minimum atomic E-state index is -0.923. The van der Waals surface area contributed by atoms with Gasteiger partial charge in [-0.3, -0.25) is 0 Å². The molecule has 0 N–H and O–H groups in total. The molecule has 0 saturated heterocycles. The van der Waals surface area contributed by atoms with Crippen LogP contribution in [0.2, 0.25) is 0 Å². The highest BCUT2D eigenvalue weighted by Crippen LogP contribution is 2.32. The van der Waals surface area contributed by atoms with Crippen molar-refractivity contribution in [2.45, 2.75) is 6.92 Å². The zero-order chi connectivity index (χ0) is 11.5. The number of ether oxygens (including phenoxy) is 1. The summed E-state index contributed by atoms with van der Waals surface area (Å²) < 4.78 is 32.2. The predicted molar refractivity (Wildman–Crippen MR) is 60.8 cm³/mol. The summed E-state index contributed by atoms with van der Waals surface area (Å²) in [7, 11) is 0. The molecule has 4 heteroatoms. The largest absolute Gasteiger partial charge is 0.491 e. The molecule has 0 saturated carbocycles. The van der Waals surface area contributed by atoms with Crippen LogP contribution >= 0.6 is 11.3 Å². The van der Waals surface area contributed by atoms with E-state index < -0.39 is 11.6 Å². The third kappa shape index (κ3) is 1.93. The first-order valence-electron chi connectivity index (χ1n) is 4.88. The van der Waals surface area contributed by atoms with Crippen molar-refractivity contribution in [1.82, 2.24) is 0 Å². The highest BCUT2D eigenvalue weighted by Gasteiger charge is 2.15. The van der Waals surface area contributed by atoms with E-state index in [1.165, 1.54) is 23.5 Å². The van der Waals surface area contributed by atoms with Gasteiger partial charge >= 0.3 is 0 Å². The van der Waals surface area contributed by atoms with E-state index in [1.807, 2.05) is 5.38 Å². The molecule has 0 atom stereocenters. The summed E-state index contributed by atoms with van der Waals surface area (Å²) >= 11 is 1.37. The van der Waals surface area contributed by atoms with Gasteiger partial charge in [0.25, 0.3) is 0 Å². The lowest BCUT2D eigenvalue weighted by Gasteiger charge is -2.07. The van der Waals surface area contributed by atoms with E-state index in [9.17, 15) is 8.78 Å². The second-order valence-corrected chi connectivity index (χ2v) is 4.10. The third-order valence-electron chi connectivity index (χ3n) is 2.13. The Bertz CT molecular complexity index is 480. The number of thiophene rings is 1. The van der Waals surface area contributed by atoms with Crippen LogP contribution < -0.4 is 4.74 Å². The fourth-order valence-electron chi connectivity index (χ4n) is 1.42. The lowest BCUT2D eigenvalue weighted by molar-refractivity contribution is 0.314. The van der Waals surface area contributed by atoms with Gasteiger partial charge in [0.05, 0.1) is 6.61 Å². The van der Waals surface area contributed by atoms with E-state index in [2.05, 4.69) is 0 Å². The van der Waals surface area contributed by atoms with Crippen molar-refractivity contribution in [3.63, 3.8) is 0 Å². The molecule has 0 bridgehead atoms. The first-order chi connectivity index (χ1) is 7.74. The second-order valence-electron chi connectivity index (χ2n) is 3.15. The van der Waals surface area contributed by atoms with Gasteiger partial charge in [0.2, 0.25) is 5.82 Å². The smallest absolute Gasteiger partial charge is 0.201 e. The van der Waals surface area contributed by atoms with Crippen molar-refractivity contribution >= 4 is 11.3 Å². The van der Waals surface area contributed by atoms with Crippen molar-refractivity contribution in [3.05, 3.63) is 41.3 Å². The topological polar surface area (TPSA) is 9.23 Å². The van der Waals surface area contributed by atoms with E-state index in [4.69, 9.17) is 4.74 Å². The zero-order valence-corrected chi connectivity index (χ0v) is 9.48. The van der Waals surface area contributed by atoms with E-state index >= 15 is 0 Å². The first-order valence-corrected chi connectivity index (χ1v) is 5.76. The SMILES string of the molecule is CCOc1ccc(-c2cccs2)c(F)c1F. The summed E-state index contributed by atoms with van der Waals surface area (Å²) in [4.78, 5) is 0.708. The molecule has 84 valence electrons. The van der Waals surface area contributed by atoms with Crippen molar-refractivity contribution in [3.8, 4) is 16.2 Å². The number of hydrogen-bond acceptors (Lipinski definition) is 2. The van der Waals surface area contributed by atoms with E-state index in [0.29, 0.717) is 11.5 Å². The third-order valence-corrected chi connectivity index (χ3v) is 3.04. The maximum absolute atomic E-state index is 13.7. The van der Waals surface area contributed by atoms with Crippen LogP contribution in [0.15, 0.2) is 29.6 Å². The quantitative estimate of drug-likeness (QED) is 0.785. The van der Waals surface area contributed by atoms with Crippen LogP contribution in [0.1, 0.15) is 6.92 Å². The highest BCUT2D eigenvalue weighted by molar-refractivity contribution is 7.13. The maximum atomic E-state index is 13.7. The molecule has 2 rings (SSSR count). The van der Waals surface area contributed by atoms with Gasteiger partial charge in [0.15, 0.2) is 11.6 Å². The molecule has 0 spiro atoms. The van der Waals surface area contributed by atoms with Crippen molar-refractivity contribution in [2.24, 2.45) is 0 Å². The summed E-state index contributed by atoms with van der Waals surface area (Å²) in [5.74, 6) is -1.82. The van der Waals surface area contributed by atoms with Crippen molar-refractivity contribution in [1.29, 1.82) is 0 Å². The number of rotatable bonds is 3. The molecular formula is C12H10F2OS. The fraction of sp³-hybridized carbons (Fsp3) is 0.167. The molecule has 1 heterocycles. The summed E-state index contributed by atoms with van der Waals surface area (Å²) in [6.45, 7) is 2.04. The molecule has 2 aromatic rings. The Morgan fingerprint density at radius 1 is 1.19 bits per heavy atom. The Morgan fingerprint density at radius 3 is 2.62 bits per heavy atom. The first kappa shape index (κ1) is 11.1. The van der Waals surface area contributed by atoms with Crippen molar-refractivity contribution < 1.29 is 13.5 Å². The summed E-state index contributed by atoms with van der Waals surface area (Å²) in [5.41, 5.74) is 0.274. The van der Waals surface area contributed by atoms with Crippen LogP contribution in [0.5, 0.6) is 5.75 Å². The molecule has 1 aromatic carbocycles. The van der Waals surface area contributed by atoms with Crippen LogP contribution in [0.4, 0.5) is 8.78 Å². The predicted octanol–water partition coefficient (Wildman–Crippen LogP) is 4.09. The molecule has 0 amide bonds.